The van der Waals surface area contributed by atoms with Crippen molar-refractivity contribution in [2.45, 2.75) is 38.6 Å². The molecule has 3 nitrogen and oxygen atoms in total. The summed E-state index contributed by atoms with van der Waals surface area (Å²) in [6.45, 7) is 2.18. The van der Waals surface area contributed by atoms with Gasteiger partial charge in [-0.25, -0.2) is 4.98 Å². The van der Waals surface area contributed by atoms with Crippen LogP contribution in [0.1, 0.15) is 43.0 Å². The molecular formula is C17H20N2OS. The highest BCUT2D eigenvalue weighted by atomic mass is 32.1. The van der Waals surface area contributed by atoms with Crippen LogP contribution in [0.15, 0.2) is 23.7 Å². The summed E-state index contributed by atoms with van der Waals surface area (Å²) in [6.07, 6.45) is 5.46. The van der Waals surface area contributed by atoms with Crippen LogP contribution in [0, 0.1) is 17.8 Å². The molecule has 1 heterocycles. The molecule has 4 atom stereocenters. The van der Waals surface area contributed by atoms with Crippen molar-refractivity contribution in [3.8, 4) is 0 Å². The van der Waals surface area contributed by atoms with Gasteiger partial charge in [-0.2, -0.15) is 0 Å². The Bertz CT molecular complexity index is 680. The lowest BCUT2D eigenvalue weighted by molar-refractivity contribution is 0.0915. The van der Waals surface area contributed by atoms with Crippen LogP contribution in [0.2, 0.25) is 0 Å². The van der Waals surface area contributed by atoms with Gasteiger partial charge in [0.1, 0.15) is 0 Å². The molecule has 4 rings (SSSR count). The third-order valence-corrected chi connectivity index (χ3v) is 6.18. The molecule has 1 amide bonds. The van der Waals surface area contributed by atoms with Crippen molar-refractivity contribution in [2.24, 2.45) is 17.8 Å². The molecule has 1 aromatic carbocycles. The van der Waals surface area contributed by atoms with E-state index in [4.69, 9.17) is 0 Å². The molecule has 4 heteroatoms. The van der Waals surface area contributed by atoms with Crippen molar-refractivity contribution in [1.82, 2.24) is 10.3 Å². The summed E-state index contributed by atoms with van der Waals surface area (Å²) >= 11 is 1.58. The second-order valence-electron chi connectivity index (χ2n) is 6.64. The Balaban J connectivity index is 1.47. The van der Waals surface area contributed by atoms with E-state index in [-0.39, 0.29) is 11.9 Å². The van der Waals surface area contributed by atoms with E-state index >= 15 is 0 Å². The highest BCUT2D eigenvalue weighted by Gasteiger charge is 2.42. The topological polar surface area (TPSA) is 42.0 Å². The van der Waals surface area contributed by atoms with Crippen LogP contribution in [0.25, 0.3) is 10.2 Å². The SMILES string of the molecule is C[C@H](NC(=O)c1ccc2ncsc2c1)[C@H]1C[C@H]2CC[C@H]1C2. The standard InChI is InChI=1S/C17H20N2OS/c1-10(14-7-11-2-3-12(14)6-11)19-17(20)13-4-5-15-16(8-13)21-9-18-15/h4-5,8-12,14H,2-3,6-7H2,1H3,(H,19,20)/t10-,11-,12-,14+/m0/s1. The number of thiazole rings is 1. The third-order valence-electron chi connectivity index (χ3n) is 5.39. The molecule has 0 spiro atoms. The summed E-state index contributed by atoms with van der Waals surface area (Å²) in [7, 11) is 0. The number of rotatable bonds is 3. The fraction of sp³-hybridized carbons (Fsp3) is 0.529. The number of fused-ring (bicyclic) bond motifs is 3. The molecule has 110 valence electrons. The van der Waals surface area contributed by atoms with Gasteiger partial charge in [0.25, 0.3) is 5.91 Å². The van der Waals surface area contributed by atoms with E-state index in [1.807, 2.05) is 23.7 Å². The Morgan fingerprint density at radius 1 is 1.38 bits per heavy atom. The van der Waals surface area contributed by atoms with Gasteiger partial charge in [0.15, 0.2) is 0 Å². The first-order chi connectivity index (χ1) is 10.2. The number of benzene rings is 1. The maximum atomic E-state index is 12.5. The Morgan fingerprint density at radius 2 is 2.29 bits per heavy atom. The minimum Gasteiger partial charge on any atom is -0.349 e. The zero-order chi connectivity index (χ0) is 14.4. The van der Waals surface area contributed by atoms with Gasteiger partial charge in [0.05, 0.1) is 15.7 Å². The number of hydrogen-bond donors (Lipinski definition) is 1. The van der Waals surface area contributed by atoms with Crippen LogP contribution in [-0.4, -0.2) is 16.9 Å². The van der Waals surface area contributed by atoms with Crippen molar-refractivity contribution < 1.29 is 4.79 Å². The van der Waals surface area contributed by atoms with Crippen molar-refractivity contribution in [1.29, 1.82) is 0 Å². The number of carbonyl (C=O) groups is 1. The normalized spacial score (nSPS) is 28.9. The number of aromatic nitrogens is 1. The molecule has 0 aliphatic heterocycles. The monoisotopic (exact) mass is 300 g/mol. The summed E-state index contributed by atoms with van der Waals surface area (Å²) in [6, 6.07) is 6.05. The summed E-state index contributed by atoms with van der Waals surface area (Å²) in [4.78, 5) is 16.7. The first-order valence-electron chi connectivity index (χ1n) is 7.85. The van der Waals surface area contributed by atoms with E-state index in [2.05, 4.69) is 17.2 Å². The minimum atomic E-state index is 0.0561. The van der Waals surface area contributed by atoms with E-state index in [1.54, 1.807) is 11.3 Å². The smallest absolute Gasteiger partial charge is 0.251 e. The van der Waals surface area contributed by atoms with Crippen LogP contribution in [0.3, 0.4) is 0 Å². The quantitative estimate of drug-likeness (QED) is 0.935. The Morgan fingerprint density at radius 3 is 3.05 bits per heavy atom. The van der Waals surface area contributed by atoms with E-state index in [1.165, 1.54) is 25.7 Å². The lowest BCUT2D eigenvalue weighted by Crippen LogP contribution is -2.40. The fourth-order valence-electron chi connectivity index (χ4n) is 4.30. The summed E-state index contributed by atoms with van der Waals surface area (Å²) in [5.74, 6) is 2.50. The first-order valence-corrected chi connectivity index (χ1v) is 8.73. The predicted molar refractivity (Wildman–Crippen MR) is 85.5 cm³/mol. The van der Waals surface area contributed by atoms with E-state index < -0.39 is 0 Å². The second-order valence-corrected chi connectivity index (χ2v) is 7.52. The highest BCUT2D eigenvalue weighted by Crippen LogP contribution is 2.49. The van der Waals surface area contributed by atoms with Gasteiger partial charge < -0.3 is 5.32 Å². The molecule has 0 unspecified atom stereocenters. The first kappa shape index (κ1) is 13.3. The van der Waals surface area contributed by atoms with E-state index in [0.29, 0.717) is 5.92 Å². The van der Waals surface area contributed by atoms with Gasteiger partial charge >= 0.3 is 0 Å². The number of hydrogen-bond acceptors (Lipinski definition) is 3. The molecule has 2 aliphatic carbocycles. The van der Waals surface area contributed by atoms with Gasteiger partial charge in [-0.1, -0.05) is 6.42 Å². The zero-order valence-electron chi connectivity index (χ0n) is 12.2. The molecule has 2 saturated carbocycles. The fourth-order valence-corrected chi connectivity index (χ4v) is 5.02. The number of amides is 1. The van der Waals surface area contributed by atoms with Gasteiger partial charge in [-0.05, 0) is 62.1 Å². The lowest BCUT2D eigenvalue weighted by Gasteiger charge is -2.28. The lowest BCUT2D eigenvalue weighted by atomic mass is 9.84. The van der Waals surface area contributed by atoms with Gasteiger partial charge in [0, 0.05) is 11.6 Å². The molecule has 0 saturated heterocycles. The van der Waals surface area contributed by atoms with Crippen LogP contribution in [0.4, 0.5) is 0 Å². The molecule has 2 bridgehead atoms. The maximum absolute atomic E-state index is 12.5. The Hall–Kier alpha value is -1.42. The van der Waals surface area contributed by atoms with Crippen LogP contribution >= 0.6 is 11.3 Å². The average Bonchev–Trinajstić information content (AvgIpc) is 3.21. The minimum absolute atomic E-state index is 0.0561. The Labute approximate surface area is 128 Å². The predicted octanol–water partition coefficient (Wildman–Crippen LogP) is 3.85. The van der Waals surface area contributed by atoms with Crippen LogP contribution < -0.4 is 5.32 Å². The van der Waals surface area contributed by atoms with Crippen molar-refractivity contribution in [3.05, 3.63) is 29.3 Å². The molecule has 2 aliphatic rings. The molecule has 2 fully saturated rings. The number of carbonyl (C=O) groups excluding carboxylic acids is 1. The number of nitrogens with zero attached hydrogens (tertiary/aromatic N) is 1. The molecule has 0 radical (unpaired) electrons. The highest BCUT2D eigenvalue weighted by molar-refractivity contribution is 7.16. The number of nitrogens with one attached hydrogen (secondary N) is 1. The van der Waals surface area contributed by atoms with Gasteiger partial charge in [-0.3, -0.25) is 4.79 Å². The summed E-state index contributed by atoms with van der Waals surface area (Å²) in [5.41, 5.74) is 3.55. The molecule has 1 N–H and O–H groups in total. The molecule has 2 aromatic rings. The maximum Gasteiger partial charge on any atom is 0.251 e. The summed E-state index contributed by atoms with van der Waals surface area (Å²) in [5, 5.41) is 3.23. The van der Waals surface area contributed by atoms with Gasteiger partial charge in [-0.15, -0.1) is 11.3 Å². The van der Waals surface area contributed by atoms with Crippen molar-refractivity contribution in [2.75, 3.05) is 0 Å². The molecular weight excluding hydrogens is 280 g/mol. The van der Waals surface area contributed by atoms with E-state index in [9.17, 15) is 4.79 Å². The van der Waals surface area contributed by atoms with Crippen molar-refractivity contribution >= 4 is 27.5 Å². The second kappa shape index (κ2) is 5.09. The third kappa shape index (κ3) is 2.35. The molecule has 21 heavy (non-hydrogen) atoms. The van der Waals surface area contributed by atoms with Crippen LogP contribution in [0.5, 0.6) is 0 Å². The summed E-state index contributed by atoms with van der Waals surface area (Å²) < 4.78 is 1.08. The largest absolute Gasteiger partial charge is 0.349 e. The average molecular weight is 300 g/mol. The van der Waals surface area contributed by atoms with Crippen LogP contribution in [-0.2, 0) is 0 Å². The zero-order valence-corrected chi connectivity index (χ0v) is 13.0. The Kier molecular flexibility index (Phi) is 3.21. The van der Waals surface area contributed by atoms with Gasteiger partial charge in [0.2, 0.25) is 0 Å². The molecule has 1 aromatic heterocycles. The van der Waals surface area contributed by atoms with E-state index in [0.717, 1.165) is 27.6 Å². The van der Waals surface area contributed by atoms with Crippen molar-refractivity contribution in [3.63, 3.8) is 0 Å².